The van der Waals surface area contributed by atoms with E-state index >= 15 is 0 Å². The number of rotatable bonds is 3. The molecule has 1 N–H and O–H groups in total. The highest BCUT2D eigenvalue weighted by Gasteiger charge is 2.22. The lowest BCUT2D eigenvalue weighted by atomic mass is 10.1. The Labute approximate surface area is 114 Å². The minimum absolute atomic E-state index is 0.516. The van der Waals surface area contributed by atoms with Gasteiger partial charge in [-0.05, 0) is 26.0 Å². The fourth-order valence-electron chi connectivity index (χ4n) is 2.68. The van der Waals surface area contributed by atoms with Crippen molar-refractivity contribution in [3.63, 3.8) is 0 Å². The average Bonchev–Trinajstić information content (AvgIpc) is 2.30. The SMILES string of the molecule is COc1cccc(Cl)c1CN1CC(C)NC(C)C1. The van der Waals surface area contributed by atoms with E-state index in [2.05, 4.69) is 24.1 Å². The lowest BCUT2D eigenvalue weighted by Gasteiger charge is -2.36. The molecule has 0 bridgehead atoms. The van der Waals surface area contributed by atoms with Crippen molar-refractivity contribution in [2.24, 2.45) is 0 Å². The van der Waals surface area contributed by atoms with Gasteiger partial charge in [-0.15, -0.1) is 0 Å². The zero-order valence-corrected chi connectivity index (χ0v) is 12.0. The monoisotopic (exact) mass is 268 g/mol. The Morgan fingerprint density at radius 2 is 2.00 bits per heavy atom. The molecule has 1 aliphatic rings. The molecule has 3 nitrogen and oxygen atoms in total. The zero-order valence-electron chi connectivity index (χ0n) is 11.2. The normalized spacial score (nSPS) is 25.1. The summed E-state index contributed by atoms with van der Waals surface area (Å²) >= 11 is 6.28. The minimum atomic E-state index is 0.516. The standard InChI is InChI=1S/C14H21ClN2O/c1-10-7-17(8-11(2)16-10)9-12-13(15)5-4-6-14(12)18-3/h4-6,10-11,16H,7-9H2,1-3H3. The molecule has 4 heteroatoms. The highest BCUT2D eigenvalue weighted by molar-refractivity contribution is 6.31. The Morgan fingerprint density at radius 1 is 1.33 bits per heavy atom. The fraction of sp³-hybridized carbons (Fsp3) is 0.571. The van der Waals surface area contributed by atoms with E-state index in [0.717, 1.165) is 36.0 Å². The quantitative estimate of drug-likeness (QED) is 0.912. The molecule has 0 amide bonds. The number of nitrogens with zero attached hydrogens (tertiary/aromatic N) is 1. The van der Waals surface area contributed by atoms with Crippen molar-refractivity contribution in [1.29, 1.82) is 0 Å². The molecule has 0 aromatic heterocycles. The second kappa shape index (κ2) is 5.91. The van der Waals surface area contributed by atoms with Crippen molar-refractivity contribution in [2.45, 2.75) is 32.5 Å². The third-order valence-corrected chi connectivity index (χ3v) is 3.66. The molecule has 0 spiro atoms. The van der Waals surface area contributed by atoms with Gasteiger partial charge < -0.3 is 10.1 Å². The van der Waals surface area contributed by atoms with E-state index in [-0.39, 0.29) is 0 Å². The van der Waals surface area contributed by atoms with Crippen LogP contribution in [0.3, 0.4) is 0 Å². The molecular formula is C14H21ClN2O. The fourth-order valence-corrected chi connectivity index (χ4v) is 2.90. The molecule has 1 aromatic rings. The number of benzene rings is 1. The summed E-state index contributed by atoms with van der Waals surface area (Å²) in [4.78, 5) is 2.43. The minimum Gasteiger partial charge on any atom is -0.496 e. The second-order valence-corrected chi connectivity index (χ2v) is 5.49. The maximum Gasteiger partial charge on any atom is 0.124 e. The van der Waals surface area contributed by atoms with Crippen LogP contribution in [0.2, 0.25) is 5.02 Å². The van der Waals surface area contributed by atoms with E-state index in [1.807, 2.05) is 18.2 Å². The number of hydrogen-bond donors (Lipinski definition) is 1. The molecule has 0 radical (unpaired) electrons. The van der Waals surface area contributed by atoms with Crippen molar-refractivity contribution in [3.05, 3.63) is 28.8 Å². The molecule has 0 aliphatic carbocycles. The summed E-state index contributed by atoms with van der Waals surface area (Å²) < 4.78 is 5.39. The molecule has 18 heavy (non-hydrogen) atoms. The van der Waals surface area contributed by atoms with Crippen LogP contribution < -0.4 is 10.1 Å². The zero-order chi connectivity index (χ0) is 13.1. The Bertz CT molecular complexity index is 401. The smallest absolute Gasteiger partial charge is 0.124 e. The van der Waals surface area contributed by atoms with Gasteiger partial charge in [0.15, 0.2) is 0 Å². The molecule has 1 aromatic carbocycles. The van der Waals surface area contributed by atoms with Crippen molar-refractivity contribution < 1.29 is 4.74 Å². The van der Waals surface area contributed by atoms with E-state index < -0.39 is 0 Å². The molecular weight excluding hydrogens is 248 g/mol. The van der Waals surface area contributed by atoms with Crippen LogP contribution in [0.1, 0.15) is 19.4 Å². The number of methoxy groups -OCH3 is 1. The van der Waals surface area contributed by atoms with Gasteiger partial charge >= 0.3 is 0 Å². The Balaban J connectivity index is 2.13. The van der Waals surface area contributed by atoms with E-state index in [1.54, 1.807) is 7.11 Å². The summed E-state index contributed by atoms with van der Waals surface area (Å²) in [5, 5.41) is 4.32. The van der Waals surface area contributed by atoms with Crippen LogP contribution in [0.4, 0.5) is 0 Å². The summed E-state index contributed by atoms with van der Waals surface area (Å²) in [7, 11) is 1.69. The first-order valence-corrected chi connectivity index (χ1v) is 6.77. The van der Waals surface area contributed by atoms with Gasteiger partial charge in [0.05, 0.1) is 7.11 Å². The largest absolute Gasteiger partial charge is 0.496 e. The maximum atomic E-state index is 6.28. The van der Waals surface area contributed by atoms with Crippen molar-refractivity contribution in [1.82, 2.24) is 10.2 Å². The predicted octanol–water partition coefficient (Wildman–Crippen LogP) is 2.53. The van der Waals surface area contributed by atoms with E-state index in [9.17, 15) is 0 Å². The topological polar surface area (TPSA) is 24.5 Å². The van der Waals surface area contributed by atoms with Gasteiger partial charge in [-0.1, -0.05) is 17.7 Å². The first kappa shape index (κ1) is 13.7. The Hall–Kier alpha value is -0.770. The number of piperazine rings is 1. The van der Waals surface area contributed by atoms with Crippen molar-refractivity contribution in [3.8, 4) is 5.75 Å². The Morgan fingerprint density at radius 3 is 2.61 bits per heavy atom. The highest BCUT2D eigenvalue weighted by atomic mass is 35.5. The van der Waals surface area contributed by atoms with Gasteiger partial charge in [-0.25, -0.2) is 0 Å². The average molecular weight is 269 g/mol. The summed E-state index contributed by atoms with van der Waals surface area (Å²) in [6.07, 6.45) is 0. The third-order valence-electron chi connectivity index (χ3n) is 3.31. The lowest BCUT2D eigenvalue weighted by molar-refractivity contribution is 0.165. The van der Waals surface area contributed by atoms with Gasteiger partial charge in [0.25, 0.3) is 0 Å². The Kier molecular flexibility index (Phi) is 4.49. The summed E-state index contributed by atoms with van der Waals surface area (Å²) in [6, 6.07) is 6.85. The molecule has 100 valence electrons. The number of hydrogen-bond acceptors (Lipinski definition) is 3. The van der Waals surface area contributed by atoms with Crippen LogP contribution in [0.25, 0.3) is 0 Å². The van der Waals surface area contributed by atoms with Gasteiger partial charge in [0.1, 0.15) is 5.75 Å². The second-order valence-electron chi connectivity index (χ2n) is 5.08. The van der Waals surface area contributed by atoms with E-state index in [4.69, 9.17) is 16.3 Å². The van der Waals surface area contributed by atoms with Crippen molar-refractivity contribution in [2.75, 3.05) is 20.2 Å². The molecule has 2 rings (SSSR count). The molecule has 0 saturated carbocycles. The molecule has 1 saturated heterocycles. The lowest BCUT2D eigenvalue weighted by Crippen LogP contribution is -2.53. The first-order chi connectivity index (χ1) is 8.60. The molecule has 1 aliphatic heterocycles. The van der Waals surface area contributed by atoms with Crippen molar-refractivity contribution >= 4 is 11.6 Å². The van der Waals surface area contributed by atoms with Crippen LogP contribution >= 0.6 is 11.6 Å². The van der Waals surface area contributed by atoms with Gasteiger partial charge in [-0.3, -0.25) is 4.90 Å². The molecule has 1 fully saturated rings. The third kappa shape index (κ3) is 3.16. The maximum absolute atomic E-state index is 6.28. The van der Waals surface area contributed by atoms with Crippen LogP contribution in [0.5, 0.6) is 5.75 Å². The number of halogens is 1. The van der Waals surface area contributed by atoms with E-state index in [0.29, 0.717) is 12.1 Å². The van der Waals surface area contributed by atoms with Gasteiger partial charge in [0, 0.05) is 42.3 Å². The highest BCUT2D eigenvalue weighted by Crippen LogP contribution is 2.28. The number of nitrogens with one attached hydrogen (secondary N) is 1. The molecule has 2 atom stereocenters. The predicted molar refractivity (Wildman–Crippen MR) is 75.3 cm³/mol. The van der Waals surface area contributed by atoms with Gasteiger partial charge in [0.2, 0.25) is 0 Å². The number of ether oxygens (including phenoxy) is 1. The van der Waals surface area contributed by atoms with Crippen LogP contribution in [-0.2, 0) is 6.54 Å². The first-order valence-electron chi connectivity index (χ1n) is 6.40. The van der Waals surface area contributed by atoms with Crippen LogP contribution in [-0.4, -0.2) is 37.2 Å². The summed E-state index contributed by atoms with van der Waals surface area (Å²) in [5.41, 5.74) is 1.09. The summed E-state index contributed by atoms with van der Waals surface area (Å²) in [5.74, 6) is 0.876. The van der Waals surface area contributed by atoms with Crippen LogP contribution in [0, 0.1) is 0 Å². The molecule has 2 unspecified atom stereocenters. The van der Waals surface area contributed by atoms with E-state index in [1.165, 1.54) is 0 Å². The molecule has 1 heterocycles. The van der Waals surface area contributed by atoms with Crippen LogP contribution in [0.15, 0.2) is 18.2 Å². The summed E-state index contributed by atoms with van der Waals surface area (Å²) in [6.45, 7) is 7.36. The van der Waals surface area contributed by atoms with Gasteiger partial charge in [-0.2, -0.15) is 0 Å².